The Morgan fingerprint density at radius 2 is 1.70 bits per heavy atom. The standard InChI is InChI=1S/C10H10F3NO4S.H3N/c1-19(16,17)7-4-2-6(3-5-7)8(14)18-9(15)10(11,12)13;/h2-5,8H,14H2,1H3;1H3. The first kappa shape index (κ1) is 18.4. The van der Waals surface area contributed by atoms with Gasteiger partial charge in [0.1, 0.15) is 0 Å². The molecule has 5 N–H and O–H groups in total. The Morgan fingerprint density at radius 1 is 1.25 bits per heavy atom. The Kier molecular flexibility index (Phi) is 5.69. The SMILES string of the molecule is CS(=O)(=O)c1ccc(C(N)OC(=O)C(F)(F)F)cc1.N. The van der Waals surface area contributed by atoms with Gasteiger partial charge in [0, 0.05) is 11.8 Å². The van der Waals surface area contributed by atoms with Crippen molar-refractivity contribution in [2.24, 2.45) is 5.73 Å². The number of hydrogen-bond donors (Lipinski definition) is 2. The van der Waals surface area contributed by atoms with Crippen LogP contribution in [0, 0.1) is 0 Å². The zero-order chi connectivity index (χ0) is 14.8. The molecule has 0 fully saturated rings. The second kappa shape index (κ2) is 6.20. The van der Waals surface area contributed by atoms with Crippen LogP contribution in [0.2, 0.25) is 0 Å². The number of carbonyl (C=O) groups excluding carboxylic acids is 1. The van der Waals surface area contributed by atoms with Crippen LogP contribution in [-0.4, -0.2) is 26.8 Å². The molecule has 0 aliphatic carbocycles. The Hall–Kier alpha value is -1.65. The van der Waals surface area contributed by atoms with E-state index in [9.17, 15) is 26.4 Å². The van der Waals surface area contributed by atoms with Crippen LogP contribution in [0.4, 0.5) is 13.2 Å². The van der Waals surface area contributed by atoms with E-state index in [1.54, 1.807) is 0 Å². The lowest BCUT2D eigenvalue weighted by atomic mass is 10.2. The first-order chi connectivity index (χ1) is 8.51. The van der Waals surface area contributed by atoms with Gasteiger partial charge in [0.15, 0.2) is 16.1 Å². The summed E-state index contributed by atoms with van der Waals surface area (Å²) in [4.78, 5) is 10.5. The molecule has 6 nitrogen and oxygen atoms in total. The maximum atomic E-state index is 11.9. The molecular formula is C10H13F3N2O4S. The lowest BCUT2D eigenvalue weighted by Gasteiger charge is -2.14. The van der Waals surface area contributed by atoms with E-state index in [1.807, 2.05) is 0 Å². The van der Waals surface area contributed by atoms with Crippen LogP contribution >= 0.6 is 0 Å². The molecule has 0 radical (unpaired) electrons. The summed E-state index contributed by atoms with van der Waals surface area (Å²) in [6.45, 7) is 0. The van der Waals surface area contributed by atoms with Gasteiger partial charge in [-0.25, -0.2) is 13.2 Å². The van der Waals surface area contributed by atoms with Gasteiger partial charge >= 0.3 is 12.1 Å². The molecule has 20 heavy (non-hydrogen) atoms. The van der Waals surface area contributed by atoms with Crippen LogP contribution in [0.5, 0.6) is 0 Å². The molecule has 1 rings (SSSR count). The summed E-state index contributed by atoms with van der Waals surface area (Å²) in [7, 11) is -3.42. The lowest BCUT2D eigenvalue weighted by Crippen LogP contribution is -2.30. The number of alkyl halides is 3. The minimum atomic E-state index is -5.13. The summed E-state index contributed by atoms with van der Waals surface area (Å²) in [5.74, 6) is -2.41. The number of sulfone groups is 1. The molecule has 1 atom stereocenters. The number of hydrogen-bond acceptors (Lipinski definition) is 6. The molecule has 1 aromatic carbocycles. The number of rotatable bonds is 3. The molecule has 0 aliphatic heterocycles. The van der Waals surface area contributed by atoms with Gasteiger partial charge in [-0.15, -0.1) is 0 Å². The zero-order valence-corrected chi connectivity index (χ0v) is 11.2. The molecule has 0 aliphatic rings. The lowest BCUT2D eigenvalue weighted by molar-refractivity contribution is -0.205. The smallest absolute Gasteiger partial charge is 0.436 e. The summed E-state index contributed by atoms with van der Waals surface area (Å²) in [6, 6.07) is 4.66. The third kappa shape index (κ3) is 4.79. The molecule has 0 saturated heterocycles. The average molecular weight is 314 g/mol. The highest BCUT2D eigenvalue weighted by atomic mass is 32.2. The Labute approximate surface area is 113 Å². The highest BCUT2D eigenvalue weighted by Gasteiger charge is 2.42. The van der Waals surface area contributed by atoms with Crippen molar-refractivity contribution in [3.8, 4) is 0 Å². The van der Waals surface area contributed by atoms with E-state index in [1.165, 1.54) is 12.1 Å². The summed E-state index contributed by atoms with van der Waals surface area (Å²) in [6.07, 6.45) is -5.78. The van der Waals surface area contributed by atoms with E-state index in [-0.39, 0.29) is 16.6 Å². The maximum absolute atomic E-state index is 11.9. The number of benzene rings is 1. The van der Waals surface area contributed by atoms with E-state index < -0.39 is 28.2 Å². The first-order valence-electron chi connectivity index (χ1n) is 4.85. The van der Waals surface area contributed by atoms with Crippen molar-refractivity contribution in [3.05, 3.63) is 29.8 Å². The van der Waals surface area contributed by atoms with Crippen molar-refractivity contribution in [1.82, 2.24) is 6.15 Å². The molecular weight excluding hydrogens is 301 g/mol. The number of ether oxygens (including phenoxy) is 1. The fourth-order valence-corrected chi connectivity index (χ4v) is 1.79. The van der Waals surface area contributed by atoms with Crippen LogP contribution in [0.25, 0.3) is 0 Å². The van der Waals surface area contributed by atoms with Crippen LogP contribution in [0.1, 0.15) is 11.8 Å². The van der Waals surface area contributed by atoms with Gasteiger partial charge in [0.25, 0.3) is 0 Å². The van der Waals surface area contributed by atoms with Gasteiger partial charge in [-0.2, -0.15) is 13.2 Å². The third-order valence-electron chi connectivity index (χ3n) is 2.10. The number of esters is 1. The summed E-state index contributed by atoms with van der Waals surface area (Å²) >= 11 is 0. The normalized spacial score (nSPS) is 13.2. The molecule has 0 aromatic heterocycles. The quantitative estimate of drug-likeness (QED) is 0.641. The van der Waals surface area contributed by atoms with Crippen LogP contribution in [0.3, 0.4) is 0 Å². The molecule has 0 saturated carbocycles. The van der Waals surface area contributed by atoms with Crippen molar-refractivity contribution in [2.45, 2.75) is 17.3 Å². The Balaban J connectivity index is 0.00000361. The highest BCUT2D eigenvalue weighted by Crippen LogP contribution is 2.21. The Bertz CT molecular complexity index is 569. The molecule has 0 heterocycles. The molecule has 1 aromatic rings. The van der Waals surface area contributed by atoms with Gasteiger partial charge in [0.05, 0.1) is 4.90 Å². The summed E-state index contributed by atoms with van der Waals surface area (Å²) in [5.41, 5.74) is 5.31. The van der Waals surface area contributed by atoms with Gasteiger partial charge in [-0.05, 0) is 12.1 Å². The minimum Gasteiger partial charge on any atom is -0.436 e. The van der Waals surface area contributed by atoms with E-state index in [2.05, 4.69) is 4.74 Å². The van der Waals surface area contributed by atoms with Gasteiger partial charge in [0.2, 0.25) is 0 Å². The van der Waals surface area contributed by atoms with Crippen molar-refractivity contribution in [3.63, 3.8) is 0 Å². The Morgan fingerprint density at radius 3 is 2.05 bits per heavy atom. The monoisotopic (exact) mass is 314 g/mol. The van der Waals surface area contributed by atoms with Crippen molar-refractivity contribution >= 4 is 15.8 Å². The fourth-order valence-electron chi connectivity index (χ4n) is 1.15. The van der Waals surface area contributed by atoms with Gasteiger partial charge < -0.3 is 10.9 Å². The molecule has 114 valence electrons. The molecule has 0 bridgehead atoms. The second-order valence-electron chi connectivity index (χ2n) is 3.66. The molecule has 0 spiro atoms. The molecule has 1 unspecified atom stereocenters. The van der Waals surface area contributed by atoms with Crippen LogP contribution < -0.4 is 11.9 Å². The zero-order valence-electron chi connectivity index (χ0n) is 10.3. The largest absolute Gasteiger partial charge is 0.490 e. The van der Waals surface area contributed by atoms with Crippen LogP contribution in [0.15, 0.2) is 29.2 Å². The molecule has 0 amide bonds. The van der Waals surface area contributed by atoms with Crippen molar-refractivity contribution in [2.75, 3.05) is 6.26 Å². The second-order valence-corrected chi connectivity index (χ2v) is 5.68. The maximum Gasteiger partial charge on any atom is 0.490 e. The van der Waals surface area contributed by atoms with Gasteiger partial charge in [-0.1, -0.05) is 12.1 Å². The van der Waals surface area contributed by atoms with E-state index >= 15 is 0 Å². The number of nitrogens with two attached hydrogens (primary N) is 1. The van der Waals surface area contributed by atoms with E-state index in [0.29, 0.717) is 0 Å². The van der Waals surface area contributed by atoms with Crippen LogP contribution in [-0.2, 0) is 19.4 Å². The fraction of sp³-hybridized carbons (Fsp3) is 0.300. The predicted molar refractivity (Wildman–Crippen MR) is 63.6 cm³/mol. The summed E-state index contributed by atoms with van der Waals surface area (Å²) in [5, 5.41) is 0. The molecule has 10 heteroatoms. The number of halogens is 3. The average Bonchev–Trinajstić information content (AvgIpc) is 2.26. The minimum absolute atomic E-state index is 0. The highest BCUT2D eigenvalue weighted by molar-refractivity contribution is 7.90. The third-order valence-corrected chi connectivity index (χ3v) is 3.23. The number of carbonyl (C=O) groups is 1. The predicted octanol–water partition coefficient (Wildman–Crippen LogP) is 1.31. The van der Waals surface area contributed by atoms with Gasteiger partial charge in [-0.3, -0.25) is 5.73 Å². The van der Waals surface area contributed by atoms with Crippen molar-refractivity contribution < 1.29 is 31.1 Å². The van der Waals surface area contributed by atoms with Crippen molar-refractivity contribution in [1.29, 1.82) is 0 Å². The topological polar surface area (TPSA) is 121 Å². The summed E-state index contributed by atoms with van der Waals surface area (Å²) < 4.78 is 62.1. The van der Waals surface area contributed by atoms with E-state index in [4.69, 9.17) is 5.73 Å². The first-order valence-corrected chi connectivity index (χ1v) is 6.74. The van der Waals surface area contributed by atoms with E-state index in [0.717, 1.165) is 18.4 Å².